The number of rotatable bonds is 4. The molecular weight excluding hydrogens is 839 g/mol. The van der Waals surface area contributed by atoms with Gasteiger partial charge >= 0.3 is 0 Å². The number of aryl methyl sites for hydroxylation is 6. The van der Waals surface area contributed by atoms with Crippen molar-refractivity contribution in [3.63, 3.8) is 0 Å². The number of hydrogen-bond acceptors (Lipinski definition) is 4. The summed E-state index contributed by atoms with van der Waals surface area (Å²) in [7, 11) is 0. The molecule has 0 atom stereocenters. The molecule has 0 amide bonds. The minimum atomic E-state index is 0. The molecule has 0 fully saturated rings. The first-order chi connectivity index (χ1) is 25.7. The van der Waals surface area contributed by atoms with E-state index in [1.807, 2.05) is 43.6 Å². The van der Waals surface area contributed by atoms with E-state index in [0.717, 1.165) is 50.1 Å². The Hall–Kier alpha value is -5.74. The maximum Gasteiger partial charge on any atom is 0.216 e. The fourth-order valence-corrected chi connectivity index (χ4v) is 6.91. The van der Waals surface area contributed by atoms with Crippen LogP contribution in [0.2, 0.25) is 0 Å². The van der Waals surface area contributed by atoms with E-state index in [4.69, 9.17) is 9.40 Å². The van der Waals surface area contributed by atoms with Crippen LogP contribution in [0.4, 0.5) is 0 Å². The van der Waals surface area contributed by atoms with Crippen molar-refractivity contribution in [3.05, 3.63) is 173 Å². The number of furan rings is 1. The smallest absolute Gasteiger partial charge is 0.216 e. The Kier molecular flexibility index (Phi) is 10.4. The second-order valence-electron chi connectivity index (χ2n) is 13.9. The van der Waals surface area contributed by atoms with E-state index >= 15 is 0 Å². The van der Waals surface area contributed by atoms with Gasteiger partial charge in [-0.25, -0.2) is 4.98 Å². The van der Waals surface area contributed by atoms with E-state index in [0.29, 0.717) is 5.71 Å². The van der Waals surface area contributed by atoms with Gasteiger partial charge in [-0.2, -0.15) is 0 Å². The van der Waals surface area contributed by atoms with Gasteiger partial charge in [-0.05, 0) is 108 Å². The van der Waals surface area contributed by atoms with Gasteiger partial charge in [-0.15, -0.1) is 47.5 Å². The maximum atomic E-state index is 6.19. The Balaban J connectivity index is 0.000000178. The van der Waals surface area contributed by atoms with Crippen LogP contribution < -0.4 is 0 Å². The average molecular weight is 878 g/mol. The Bertz CT molecular complexity index is 2800. The van der Waals surface area contributed by atoms with E-state index in [2.05, 4.69) is 148 Å². The fraction of sp³-hybridized carbons (Fsp3) is 0.122. The molecule has 0 aliphatic heterocycles. The monoisotopic (exact) mass is 878 g/mol. The largest absolute Gasteiger partial charge is 0.486 e. The molecule has 4 nitrogen and oxygen atoms in total. The Morgan fingerprint density at radius 3 is 2.02 bits per heavy atom. The van der Waals surface area contributed by atoms with Gasteiger partial charge in [0.2, 0.25) is 5.71 Å². The molecule has 54 heavy (non-hydrogen) atoms. The molecule has 5 aromatic carbocycles. The standard InChI is InChI=1S/C29H21N2O.C20H18N.Ir/c1-17-13-20-7-4-5-8-21(20)14-25(17)26-15-27(30-16-18(26)2)24-10-6-9-22-23-12-11-19(3)31-29(23)32-28(22)24;1-14-9-10-18(20-11-15(2)16(3)13-21-20)12-19(14)17-7-5-4-6-8-17;/h4-9,11-16H,1-3H3;4-9,11-13H,1-3H3;/q2*-1;. The van der Waals surface area contributed by atoms with Crippen LogP contribution in [0.5, 0.6) is 0 Å². The van der Waals surface area contributed by atoms with Gasteiger partial charge in [0.25, 0.3) is 0 Å². The van der Waals surface area contributed by atoms with Gasteiger partial charge in [0.05, 0.1) is 5.58 Å². The average Bonchev–Trinajstić information content (AvgIpc) is 3.55. The van der Waals surface area contributed by atoms with Gasteiger partial charge in [-0.3, -0.25) is 0 Å². The van der Waals surface area contributed by atoms with E-state index in [9.17, 15) is 0 Å². The van der Waals surface area contributed by atoms with E-state index < -0.39 is 0 Å². The molecule has 0 saturated heterocycles. The van der Waals surface area contributed by atoms with E-state index in [1.165, 1.54) is 55.3 Å². The molecule has 9 aromatic rings. The Morgan fingerprint density at radius 1 is 0.537 bits per heavy atom. The summed E-state index contributed by atoms with van der Waals surface area (Å²) in [5, 5.41) is 4.53. The topological polar surface area (TPSA) is 51.8 Å². The predicted molar refractivity (Wildman–Crippen MR) is 219 cm³/mol. The van der Waals surface area contributed by atoms with Gasteiger partial charge in [0.1, 0.15) is 0 Å². The molecular formula is C49H39IrN3O-2. The normalized spacial score (nSPS) is 11.0. The molecule has 4 aromatic heterocycles. The minimum absolute atomic E-state index is 0. The molecule has 0 aliphatic rings. The first kappa shape index (κ1) is 36.6. The van der Waals surface area contributed by atoms with Crippen LogP contribution >= 0.6 is 0 Å². The van der Waals surface area contributed by atoms with Crippen LogP contribution in [0, 0.1) is 53.7 Å². The molecule has 9 rings (SSSR count). The molecule has 4 heterocycles. The molecule has 0 N–H and O–H groups in total. The zero-order chi connectivity index (χ0) is 36.6. The van der Waals surface area contributed by atoms with Gasteiger partial charge in [0, 0.05) is 43.6 Å². The number of aromatic nitrogens is 3. The molecule has 0 saturated carbocycles. The second kappa shape index (κ2) is 15.3. The maximum absolute atomic E-state index is 6.19. The quantitative estimate of drug-likeness (QED) is 0.165. The number of pyridine rings is 3. The summed E-state index contributed by atoms with van der Waals surface area (Å²) in [4.78, 5) is 13.9. The van der Waals surface area contributed by atoms with Crippen molar-refractivity contribution in [1.29, 1.82) is 0 Å². The Morgan fingerprint density at radius 2 is 1.24 bits per heavy atom. The molecule has 0 aliphatic carbocycles. The van der Waals surface area contributed by atoms with Crippen molar-refractivity contribution in [2.45, 2.75) is 41.5 Å². The predicted octanol–water partition coefficient (Wildman–Crippen LogP) is 12.7. The summed E-state index contributed by atoms with van der Waals surface area (Å²) < 4.78 is 6.19. The van der Waals surface area contributed by atoms with Gasteiger partial charge in [-0.1, -0.05) is 102 Å². The summed E-state index contributed by atoms with van der Waals surface area (Å²) in [6.45, 7) is 12.6. The molecule has 1 radical (unpaired) electrons. The van der Waals surface area contributed by atoms with Crippen molar-refractivity contribution in [2.24, 2.45) is 0 Å². The summed E-state index contributed by atoms with van der Waals surface area (Å²) in [5.41, 5.74) is 17.1. The van der Waals surface area contributed by atoms with Crippen molar-refractivity contribution in [1.82, 2.24) is 15.0 Å². The van der Waals surface area contributed by atoms with Gasteiger partial charge < -0.3 is 14.4 Å². The fourth-order valence-electron chi connectivity index (χ4n) is 6.91. The molecule has 5 heteroatoms. The van der Waals surface area contributed by atoms with Crippen LogP contribution in [-0.4, -0.2) is 15.0 Å². The van der Waals surface area contributed by atoms with Crippen molar-refractivity contribution in [2.75, 3.05) is 0 Å². The second-order valence-corrected chi connectivity index (χ2v) is 13.9. The Labute approximate surface area is 330 Å². The first-order valence-electron chi connectivity index (χ1n) is 17.9. The summed E-state index contributed by atoms with van der Waals surface area (Å²) in [5.74, 6) is 0. The number of nitrogens with zero attached hydrogens (tertiary/aromatic N) is 3. The SMILES string of the molecule is Cc1ccc2c(n1)oc1c(-c3cc(-c4cc5ccccc5cc4C)c(C)cn3)[c-]ccc12.Cc1cnc(-c2[c-]cc(C)c(-c3ccccc3)c2)cc1C.[Ir]. The first-order valence-corrected chi connectivity index (χ1v) is 17.9. The third kappa shape index (κ3) is 7.13. The summed E-state index contributed by atoms with van der Waals surface area (Å²) >= 11 is 0. The molecule has 267 valence electrons. The van der Waals surface area contributed by atoms with Crippen LogP contribution in [0.1, 0.15) is 33.5 Å². The third-order valence-corrected chi connectivity index (χ3v) is 10.1. The molecule has 0 unspecified atom stereocenters. The zero-order valence-corrected chi connectivity index (χ0v) is 33.6. The van der Waals surface area contributed by atoms with Crippen molar-refractivity contribution in [3.8, 4) is 44.8 Å². The molecule has 0 bridgehead atoms. The van der Waals surface area contributed by atoms with Crippen LogP contribution in [0.15, 0.2) is 132 Å². The molecule has 0 spiro atoms. The van der Waals surface area contributed by atoms with Crippen molar-refractivity contribution >= 4 is 32.8 Å². The zero-order valence-electron chi connectivity index (χ0n) is 31.2. The number of hydrogen-bond donors (Lipinski definition) is 0. The van der Waals surface area contributed by atoms with E-state index in [1.54, 1.807) is 0 Å². The van der Waals surface area contributed by atoms with Crippen LogP contribution in [-0.2, 0) is 20.1 Å². The summed E-state index contributed by atoms with van der Waals surface area (Å²) in [6, 6.07) is 46.7. The summed E-state index contributed by atoms with van der Waals surface area (Å²) in [6.07, 6.45) is 3.87. The van der Waals surface area contributed by atoms with Crippen LogP contribution in [0.3, 0.4) is 0 Å². The van der Waals surface area contributed by atoms with Crippen LogP contribution in [0.25, 0.3) is 77.6 Å². The number of fused-ring (bicyclic) bond motifs is 4. The minimum Gasteiger partial charge on any atom is -0.486 e. The van der Waals surface area contributed by atoms with E-state index in [-0.39, 0.29) is 20.1 Å². The third-order valence-electron chi connectivity index (χ3n) is 10.1. The van der Waals surface area contributed by atoms with Crippen molar-refractivity contribution < 1.29 is 24.5 Å². The number of benzene rings is 5. The van der Waals surface area contributed by atoms with Gasteiger partial charge in [0.15, 0.2) is 0 Å².